The number of carboxylic acid groups (broad SMARTS) is 1. The van der Waals surface area contributed by atoms with E-state index in [1.807, 2.05) is 0 Å². The first-order chi connectivity index (χ1) is 11.3. The fourth-order valence-corrected chi connectivity index (χ4v) is 3.45. The number of rotatable bonds is 6. The van der Waals surface area contributed by atoms with E-state index < -0.39 is 16.0 Å². The van der Waals surface area contributed by atoms with E-state index in [9.17, 15) is 13.2 Å². The Labute approximate surface area is 139 Å². The van der Waals surface area contributed by atoms with Crippen molar-refractivity contribution in [1.82, 2.24) is 0 Å². The molecule has 0 aliphatic rings. The third-order valence-corrected chi connectivity index (χ3v) is 4.88. The summed E-state index contributed by atoms with van der Waals surface area (Å²) in [7, 11) is -1.13. The van der Waals surface area contributed by atoms with Gasteiger partial charge < -0.3 is 14.6 Å². The highest BCUT2D eigenvalue weighted by Gasteiger charge is 2.21. The Kier molecular flexibility index (Phi) is 4.99. The lowest BCUT2D eigenvalue weighted by atomic mass is 10.1. The van der Waals surface area contributed by atoms with Crippen molar-refractivity contribution in [2.45, 2.75) is 11.8 Å². The predicted molar refractivity (Wildman–Crippen MR) is 88.5 cm³/mol. The van der Waals surface area contributed by atoms with Crippen molar-refractivity contribution in [3.63, 3.8) is 0 Å². The molecule has 0 unspecified atom stereocenters. The third kappa shape index (κ3) is 3.60. The summed E-state index contributed by atoms with van der Waals surface area (Å²) in [5, 5.41) is 9.05. The summed E-state index contributed by atoms with van der Waals surface area (Å²) in [5.41, 5.74) is 0.505. The van der Waals surface area contributed by atoms with Crippen LogP contribution in [0.3, 0.4) is 0 Å². The van der Waals surface area contributed by atoms with Crippen LogP contribution >= 0.6 is 0 Å². The van der Waals surface area contributed by atoms with Crippen molar-refractivity contribution >= 4 is 21.7 Å². The number of methoxy groups -OCH3 is 2. The molecule has 0 saturated carbocycles. The van der Waals surface area contributed by atoms with Gasteiger partial charge in [-0.25, -0.2) is 13.2 Å². The van der Waals surface area contributed by atoms with Gasteiger partial charge in [-0.2, -0.15) is 0 Å². The van der Waals surface area contributed by atoms with Gasteiger partial charge in [0.15, 0.2) is 0 Å². The number of carbonyl (C=O) groups is 1. The van der Waals surface area contributed by atoms with Crippen molar-refractivity contribution in [1.29, 1.82) is 0 Å². The van der Waals surface area contributed by atoms with Crippen LogP contribution < -0.4 is 14.2 Å². The largest absolute Gasteiger partial charge is 0.497 e. The van der Waals surface area contributed by atoms with Gasteiger partial charge in [-0.15, -0.1) is 0 Å². The number of hydrogen-bond donors (Lipinski definition) is 2. The molecule has 128 valence electrons. The van der Waals surface area contributed by atoms with E-state index >= 15 is 0 Å². The number of ether oxygens (including phenoxy) is 2. The molecule has 2 aromatic carbocycles. The maximum absolute atomic E-state index is 12.7. The van der Waals surface area contributed by atoms with E-state index in [4.69, 9.17) is 14.6 Å². The first-order valence-electron chi connectivity index (χ1n) is 6.87. The minimum Gasteiger partial charge on any atom is -0.497 e. The summed E-state index contributed by atoms with van der Waals surface area (Å²) in [6.07, 6.45) is 0. The van der Waals surface area contributed by atoms with Crippen LogP contribution in [-0.2, 0) is 10.0 Å². The zero-order chi connectivity index (χ0) is 17.9. The lowest BCUT2D eigenvalue weighted by Gasteiger charge is -2.14. The number of sulfonamides is 1. The molecule has 2 N–H and O–H groups in total. The van der Waals surface area contributed by atoms with Crippen LogP contribution in [0.25, 0.3) is 0 Å². The van der Waals surface area contributed by atoms with E-state index in [1.165, 1.54) is 32.4 Å². The molecule has 0 aliphatic heterocycles. The number of anilines is 1. The third-order valence-electron chi connectivity index (χ3n) is 3.38. The maximum atomic E-state index is 12.7. The maximum Gasteiger partial charge on any atom is 0.335 e. The highest BCUT2D eigenvalue weighted by Crippen LogP contribution is 2.31. The van der Waals surface area contributed by atoms with E-state index in [0.29, 0.717) is 17.1 Å². The molecule has 0 fully saturated rings. The zero-order valence-electron chi connectivity index (χ0n) is 13.4. The molecule has 8 heteroatoms. The Morgan fingerprint density at radius 1 is 1.08 bits per heavy atom. The Morgan fingerprint density at radius 3 is 2.38 bits per heavy atom. The average molecular weight is 351 g/mol. The second-order valence-corrected chi connectivity index (χ2v) is 6.61. The Hall–Kier alpha value is -2.74. The van der Waals surface area contributed by atoms with Gasteiger partial charge in [0.05, 0.1) is 30.4 Å². The lowest BCUT2D eigenvalue weighted by molar-refractivity contribution is 0.0696. The summed E-state index contributed by atoms with van der Waals surface area (Å²) in [6.45, 7) is 1.59. The monoisotopic (exact) mass is 351 g/mol. The zero-order valence-corrected chi connectivity index (χ0v) is 14.2. The molecule has 0 saturated heterocycles. The van der Waals surface area contributed by atoms with E-state index in [2.05, 4.69) is 4.72 Å². The second-order valence-electron chi connectivity index (χ2n) is 4.96. The molecule has 0 bridgehead atoms. The van der Waals surface area contributed by atoms with Gasteiger partial charge in [0.2, 0.25) is 0 Å². The van der Waals surface area contributed by atoms with E-state index in [0.717, 1.165) is 6.07 Å². The first-order valence-corrected chi connectivity index (χ1v) is 8.35. The molecule has 2 rings (SSSR count). The number of hydrogen-bond acceptors (Lipinski definition) is 5. The van der Waals surface area contributed by atoms with Crippen molar-refractivity contribution in [3.8, 4) is 11.5 Å². The number of aromatic carboxylic acids is 1. The molecule has 0 atom stereocenters. The molecule has 0 spiro atoms. The van der Waals surface area contributed by atoms with Crippen molar-refractivity contribution in [2.24, 2.45) is 0 Å². The summed E-state index contributed by atoms with van der Waals surface area (Å²) < 4.78 is 38.0. The quantitative estimate of drug-likeness (QED) is 0.829. The normalized spacial score (nSPS) is 11.0. The minimum absolute atomic E-state index is 0.112. The molecule has 0 amide bonds. The summed E-state index contributed by atoms with van der Waals surface area (Å²) in [5.74, 6) is -0.443. The Balaban J connectivity index is 2.49. The predicted octanol–water partition coefficient (Wildman–Crippen LogP) is 2.51. The molecular weight excluding hydrogens is 334 g/mol. The highest BCUT2D eigenvalue weighted by atomic mass is 32.2. The van der Waals surface area contributed by atoms with Crippen LogP contribution in [0.15, 0.2) is 41.3 Å². The summed E-state index contributed by atoms with van der Waals surface area (Å²) in [6, 6.07) is 8.59. The summed E-state index contributed by atoms with van der Waals surface area (Å²) in [4.78, 5) is 11.0. The SMILES string of the molecule is COc1ccc(OC)c(NS(=O)(=O)c2cc(C(=O)O)ccc2C)c1. The molecule has 7 nitrogen and oxygen atoms in total. The summed E-state index contributed by atoms with van der Waals surface area (Å²) >= 11 is 0. The van der Waals surface area contributed by atoms with Crippen molar-refractivity contribution < 1.29 is 27.8 Å². The first kappa shape index (κ1) is 17.6. The van der Waals surface area contributed by atoms with Crippen molar-refractivity contribution in [3.05, 3.63) is 47.5 Å². The van der Waals surface area contributed by atoms with Crippen LogP contribution in [0.4, 0.5) is 5.69 Å². The van der Waals surface area contributed by atoms with Crippen LogP contribution in [0.2, 0.25) is 0 Å². The second kappa shape index (κ2) is 6.79. The van der Waals surface area contributed by atoms with Gasteiger partial charge in [0.25, 0.3) is 10.0 Å². The minimum atomic E-state index is -4.01. The van der Waals surface area contributed by atoms with Crippen LogP contribution in [0, 0.1) is 6.92 Å². The highest BCUT2D eigenvalue weighted by molar-refractivity contribution is 7.92. The number of carboxylic acids is 1. The molecular formula is C16H17NO6S. The van der Waals surface area contributed by atoms with E-state index in [1.54, 1.807) is 19.1 Å². The fourth-order valence-electron chi connectivity index (χ4n) is 2.12. The Bertz CT molecular complexity index is 876. The molecule has 24 heavy (non-hydrogen) atoms. The Morgan fingerprint density at radius 2 is 1.79 bits per heavy atom. The van der Waals surface area contributed by atoms with Crippen LogP contribution in [0.1, 0.15) is 15.9 Å². The number of benzene rings is 2. The fraction of sp³-hybridized carbons (Fsp3) is 0.188. The van der Waals surface area contributed by atoms with Gasteiger partial charge in [-0.05, 0) is 36.8 Å². The average Bonchev–Trinajstić information content (AvgIpc) is 2.54. The van der Waals surface area contributed by atoms with Crippen molar-refractivity contribution in [2.75, 3.05) is 18.9 Å². The van der Waals surface area contributed by atoms with E-state index in [-0.39, 0.29) is 16.1 Å². The standard InChI is InChI=1S/C16H17NO6S/c1-10-4-5-11(16(18)19)8-15(10)24(20,21)17-13-9-12(22-2)6-7-14(13)23-3/h4-9,17H,1-3H3,(H,18,19). The number of aryl methyl sites for hydroxylation is 1. The van der Waals surface area contributed by atoms with Gasteiger partial charge in [-0.3, -0.25) is 4.72 Å². The van der Waals surface area contributed by atoms with Crippen LogP contribution in [0.5, 0.6) is 11.5 Å². The smallest absolute Gasteiger partial charge is 0.335 e. The molecule has 0 radical (unpaired) electrons. The molecule has 0 aromatic heterocycles. The topological polar surface area (TPSA) is 102 Å². The van der Waals surface area contributed by atoms with Gasteiger partial charge >= 0.3 is 5.97 Å². The van der Waals surface area contributed by atoms with Gasteiger partial charge in [0.1, 0.15) is 11.5 Å². The number of nitrogens with one attached hydrogen (secondary N) is 1. The van der Waals surface area contributed by atoms with Crippen LogP contribution in [-0.4, -0.2) is 33.7 Å². The van der Waals surface area contributed by atoms with Gasteiger partial charge in [0, 0.05) is 6.07 Å². The molecule has 0 heterocycles. The molecule has 2 aromatic rings. The van der Waals surface area contributed by atoms with Gasteiger partial charge in [-0.1, -0.05) is 6.07 Å². The lowest BCUT2D eigenvalue weighted by Crippen LogP contribution is -2.16. The molecule has 0 aliphatic carbocycles.